The topological polar surface area (TPSA) is 0 Å². The van der Waals surface area contributed by atoms with Gasteiger partial charge in [0.25, 0.3) is 0 Å². The van der Waals surface area contributed by atoms with Crippen LogP contribution in [0.2, 0.25) is 0 Å². The van der Waals surface area contributed by atoms with Crippen molar-refractivity contribution in [2.75, 3.05) is 58.5 Å². The van der Waals surface area contributed by atoms with E-state index in [2.05, 4.69) is 278 Å². The van der Waals surface area contributed by atoms with E-state index in [1.165, 1.54) is 67.5 Å². The van der Waals surface area contributed by atoms with Crippen molar-refractivity contribution in [1.29, 1.82) is 0 Å². The van der Waals surface area contributed by atoms with Crippen LogP contribution in [0.1, 0.15) is 16.7 Å². The van der Waals surface area contributed by atoms with Gasteiger partial charge in [0.05, 0.1) is 0 Å². The first-order chi connectivity index (χ1) is 29.3. The maximum absolute atomic E-state index is 2.31. The van der Waals surface area contributed by atoms with Gasteiger partial charge in [0, 0.05) is 0 Å². The second-order valence-electron chi connectivity index (χ2n) is 15.1. The summed E-state index contributed by atoms with van der Waals surface area (Å²) in [6, 6.07) is 75.6. The fourth-order valence-corrected chi connectivity index (χ4v) is 7.57. The largest absolute Gasteiger partial charge is 2.00 e. The average molecular weight is 1090 g/mol. The molecule has 0 aliphatic rings. The molecule has 9 rings (SSSR count). The maximum Gasteiger partial charge on any atom is 2.00 e. The quantitative estimate of drug-likeness (QED) is 0.0794. The number of benzene rings is 6. The van der Waals surface area contributed by atoms with Gasteiger partial charge in [-0.1, -0.05) is 54.9 Å². The Bertz CT molecular complexity index is 2040. The van der Waals surface area contributed by atoms with Crippen molar-refractivity contribution < 1.29 is 102 Å². The molecule has 0 nitrogen and oxygen atoms in total. The maximum atomic E-state index is 2.31. The first-order valence-corrected chi connectivity index (χ1v) is 27.9. The number of hydrogen-bond acceptors (Lipinski definition) is 0. The number of fused-ring (bicyclic) bond motifs is 3. The molecule has 0 bridgehead atoms. The Morgan fingerprint density at radius 3 is 0.727 bits per heavy atom. The summed E-state index contributed by atoms with van der Waals surface area (Å²) in [6.45, 7) is 13.8. The van der Waals surface area contributed by atoms with Crippen molar-refractivity contribution in [2.45, 2.75) is 0 Å². The van der Waals surface area contributed by atoms with Gasteiger partial charge in [0.1, 0.15) is 0 Å². The third-order valence-electron chi connectivity index (χ3n) is 9.12. The molecular formula is C57H63Cl3P3Ti3-3. The van der Waals surface area contributed by atoms with Crippen molar-refractivity contribution in [1.82, 2.24) is 0 Å². The van der Waals surface area contributed by atoms with Gasteiger partial charge < -0.3 is 37.2 Å². The molecule has 66 heavy (non-hydrogen) atoms. The monoisotopic (exact) mass is 1090 g/mol. The Morgan fingerprint density at radius 1 is 0.303 bits per heavy atom. The summed E-state index contributed by atoms with van der Waals surface area (Å²) in [7, 11) is 0.661. The molecule has 0 heterocycles. The molecule has 0 aliphatic heterocycles. The zero-order valence-corrected chi connectivity index (χ0v) is 48.7. The van der Waals surface area contributed by atoms with E-state index in [1.54, 1.807) is 0 Å². The Hall–Kier alpha value is -1.94. The van der Waals surface area contributed by atoms with Crippen LogP contribution in [-0.2, 0) is 65.2 Å². The summed E-state index contributed by atoms with van der Waals surface area (Å²) in [4.78, 5) is 0. The fourth-order valence-electron chi connectivity index (χ4n) is 5.84. The van der Waals surface area contributed by atoms with E-state index < -0.39 is 0 Å². The molecule has 9 aromatic carbocycles. The molecule has 0 saturated heterocycles. The summed E-state index contributed by atoms with van der Waals surface area (Å²) < 4.78 is 0. The van der Waals surface area contributed by atoms with Crippen LogP contribution in [0.15, 0.2) is 218 Å². The summed E-state index contributed by atoms with van der Waals surface area (Å²) in [5.41, 5.74) is 4.05. The first-order valence-electron chi connectivity index (χ1n) is 20.7. The van der Waals surface area contributed by atoms with Crippen LogP contribution < -0.4 is 37.2 Å². The Balaban J connectivity index is -0.000000710. The van der Waals surface area contributed by atoms with E-state index in [0.29, 0.717) is 0 Å². The molecular weight excluding hydrogens is 1030 g/mol. The van der Waals surface area contributed by atoms with Crippen molar-refractivity contribution in [2.24, 2.45) is 0 Å². The molecule has 0 unspecified atom stereocenters. The van der Waals surface area contributed by atoms with Crippen LogP contribution in [-0.4, -0.2) is 58.5 Å². The van der Waals surface area contributed by atoms with Gasteiger partial charge in [-0.2, -0.15) is 125 Å². The third kappa shape index (κ3) is 29.8. The SMILES string of the molecule is CP(C)C[CH-]c1ccccc1.CP(C)C[CH-]c1ccccc1.CP(C)C[CH-]c1ccccc1.[Cl-].[Cl-].[Cl-].[Ti+2].[Ti+2].[Ti+2].c1ccc2[cH-]ccc2c1.c1ccc2[cH-]ccc2c1.c1ccc2[cH-]ccc2c1. The molecule has 0 N–H and O–H groups in total. The molecule has 0 spiro atoms. The van der Waals surface area contributed by atoms with Gasteiger partial charge in [-0.15, -0.1) is 149 Å². The summed E-state index contributed by atoms with van der Waals surface area (Å²) in [6.07, 6.45) is 10.6. The van der Waals surface area contributed by atoms with Crippen LogP contribution in [0.3, 0.4) is 0 Å². The Labute approximate surface area is 466 Å². The predicted molar refractivity (Wildman–Crippen MR) is 279 cm³/mol. The van der Waals surface area contributed by atoms with Crippen molar-refractivity contribution in [3.63, 3.8) is 0 Å². The second-order valence-corrected chi connectivity index (χ2v) is 22.7. The molecule has 0 aromatic heterocycles. The molecule has 0 atom stereocenters. The number of halogens is 3. The van der Waals surface area contributed by atoms with Crippen LogP contribution in [0.5, 0.6) is 0 Å². The van der Waals surface area contributed by atoms with Gasteiger partial charge in [-0.3, -0.25) is 0 Å². The minimum Gasteiger partial charge on any atom is -1.00 e. The molecule has 0 radical (unpaired) electrons. The smallest absolute Gasteiger partial charge is 1.00 e. The van der Waals surface area contributed by atoms with Crippen molar-refractivity contribution in [3.05, 3.63) is 254 Å². The standard InChI is InChI=1S/3C10H14P.3C9H7.3ClH.3Ti/c3*1-11(2)9-8-10-6-4-3-5-7-10;3*1-2-5-9-7-3-6-8(9)4-1;;;;;;/h3*3-8H,9H2,1-2H3;3*1-7H;3*1H;;;/q6*-1;;;;3*+2/p-3. The van der Waals surface area contributed by atoms with Crippen LogP contribution in [0, 0.1) is 19.3 Å². The van der Waals surface area contributed by atoms with Crippen LogP contribution >= 0.6 is 23.8 Å². The average Bonchev–Trinajstić information content (AvgIpc) is 4.08. The summed E-state index contributed by atoms with van der Waals surface area (Å²) >= 11 is 0. The van der Waals surface area contributed by atoms with E-state index in [4.69, 9.17) is 0 Å². The minimum absolute atomic E-state index is 0. The molecule has 342 valence electrons. The van der Waals surface area contributed by atoms with E-state index in [-0.39, 0.29) is 126 Å². The normalized spacial score (nSPS) is 9.23. The predicted octanol–water partition coefficient (Wildman–Crippen LogP) is 7.62. The van der Waals surface area contributed by atoms with E-state index in [1.807, 2.05) is 0 Å². The zero-order chi connectivity index (χ0) is 42.6. The number of rotatable bonds is 9. The van der Waals surface area contributed by atoms with Crippen molar-refractivity contribution in [3.8, 4) is 0 Å². The first kappa shape index (κ1) is 68.3. The van der Waals surface area contributed by atoms with Crippen LogP contribution in [0.4, 0.5) is 0 Å². The molecule has 0 amide bonds. The summed E-state index contributed by atoms with van der Waals surface area (Å²) in [5, 5.41) is 7.99. The molecule has 0 aliphatic carbocycles. The van der Waals surface area contributed by atoms with Gasteiger partial charge in [0.15, 0.2) is 0 Å². The van der Waals surface area contributed by atoms with Gasteiger partial charge >= 0.3 is 65.2 Å². The molecule has 9 aromatic rings. The van der Waals surface area contributed by atoms with Gasteiger partial charge in [0.2, 0.25) is 0 Å². The third-order valence-corrected chi connectivity index (χ3v) is 11.9. The van der Waals surface area contributed by atoms with E-state index in [0.717, 1.165) is 0 Å². The van der Waals surface area contributed by atoms with Crippen molar-refractivity contribution >= 4 is 56.1 Å². The van der Waals surface area contributed by atoms with Crippen LogP contribution in [0.25, 0.3) is 32.3 Å². The fraction of sp³-hybridized carbons (Fsp3) is 0.158. The minimum atomic E-state index is 0. The van der Waals surface area contributed by atoms with E-state index in [9.17, 15) is 0 Å². The summed E-state index contributed by atoms with van der Waals surface area (Å²) in [5.74, 6) is 0. The second kappa shape index (κ2) is 42.0. The Kier molecular flexibility index (Phi) is 43.5. The molecule has 0 fully saturated rings. The molecule has 0 saturated carbocycles. The van der Waals surface area contributed by atoms with Gasteiger partial charge in [-0.25, -0.2) is 0 Å². The van der Waals surface area contributed by atoms with E-state index >= 15 is 0 Å². The molecule has 9 heteroatoms. The zero-order valence-electron chi connectivity index (χ0n) is 39.1. The number of hydrogen-bond donors (Lipinski definition) is 0. The Morgan fingerprint density at radius 2 is 0.515 bits per heavy atom. The van der Waals surface area contributed by atoms with Gasteiger partial charge in [-0.05, 0) is 40.0 Å².